The van der Waals surface area contributed by atoms with Crippen LogP contribution in [0.4, 0.5) is 5.69 Å². The molecule has 1 aromatic carbocycles. The minimum absolute atomic E-state index is 0.0310. The molecule has 1 aliphatic rings. The van der Waals surface area contributed by atoms with Crippen molar-refractivity contribution >= 4 is 23.5 Å². The quantitative estimate of drug-likeness (QED) is 0.581. The molecule has 1 unspecified atom stereocenters. The Morgan fingerprint density at radius 1 is 1.27 bits per heavy atom. The Morgan fingerprint density at radius 2 is 1.92 bits per heavy atom. The molecule has 1 aliphatic heterocycles. The number of piperazine rings is 1. The van der Waals surface area contributed by atoms with E-state index in [1.807, 2.05) is 18.2 Å². The van der Waals surface area contributed by atoms with Gasteiger partial charge < -0.3 is 20.3 Å². The number of carbonyl (C=O) groups is 3. The maximum atomic E-state index is 12.6. The van der Waals surface area contributed by atoms with Crippen LogP contribution in [0.1, 0.15) is 31.4 Å². The van der Waals surface area contributed by atoms with Crippen LogP contribution in [-0.2, 0) is 32.0 Å². The molecule has 3 N–H and O–H groups in total. The highest BCUT2D eigenvalue weighted by Gasteiger charge is 2.36. The first-order valence-corrected chi connectivity index (χ1v) is 9.09. The number of methoxy groups -OCH3 is 1. The average Bonchev–Trinajstić information content (AvgIpc) is 2.64. The van der Waals surface area contributed by atoms with Gasteiger partial charge in [-0.3, -0.25) is 14.4 Å². The van der Waals surface area contributed by atoms with Crippen molar-refractivity contribution in [3.05, 3.63) is 29.3 Å². The Bertz CT molecular complexity index is 652. The number of carbonyl (C=O) groups excluding carboxylic acids is 3. The van der Waals surface area contributed by atoms with E-state index in [2.05, 4.69) is 29.2 Å². The molecule has 1 heterocycles. The second-order valence-corrected chi connectivity index (χ2v) is 6.42. The van der Waals surface area contributed by atoms with Crippen molar-refractivity contribution in [3.63, 3.8) is 0 Å². The molecule has 0 aromatic heterocycles. The van der Waals surface area contributed by atoms with Gasteiger partial charge in [-0.1, -0.05) is 32.0 Å². The predicted molar refractivity (Wildman–Crippen MR) is 98.0 cm³/mol. The summed E-state index contributed by atoms with van der Waals surface area (Å²) in [4.78, 5) is 37.2. The van der Waals surface area contributed by atoms with E-state index in [-0.39, 0.29) is 24.8 Å². The van der Waals surface area contributed by atoms with E-state index in [0.29, 0.717) is 13.1 Å². The van der Waals surface area contributed by atoms with Crippen molar-refractivity contribution in [2.24, 2.45) is 0 Å². The number of quaternary nitrogens is 1. The number of ether oxygens (including phenoxy) is 1. The van der Waals surface area contributed by atoms with Gasteiger partial charge in [0.05, 0.1) is 20.2 Å². The van der Waals surface area contributed by atoms with E-state index >= 15 is 0 Å². The molecule has 2 atom stereocenters. The Kier molecular flexibility index (Phi) is 7.15. The van der Waals surface area contributed by atoms with Crippen molar-refractivity contribution in [1.82, 2.24) is 5.32 Å². The van der Waals surface area contributed by atoms with E-state index in [1.165, 1.54) is 7.11 Å². The highest BCUT2D eigenvalue weighted by Crippen LogP contribution is 2.22. The predicted octanol–water partition coefficient (Wildman–Crippen LogP) is -0.304. The van der Waals surface area contributed by atoms with Crippen LogP contribution >= 0.6 is 0 Å². The van der Waals surface area contributed by atoms with Crippen molar-refractivity contribution in [3.8, 4) is 0 Å². The Labute approximate surface area is 154 Å². The van der Waals surface area contributed by atoms with Crippen LogP contribution in [0.15, 0.2) is 18.2 Å². The van der Waals surface area contributed by atoms with Gasteiger partial charge in [0.25, 0.3) is 11.8 Å². The molecule has 0 radical (unpaired) electrons. The molecule has 2 amide bonds. The molecule has 0 saturated carbocycles. The highest BCUT2D eigenvalue weighted by atomic mass is 16.5. The van der Waals surface area contributed by atoms with Crippen molar-refractivity contribution in [2.45, 2.75) is 39.2 Å². The number of aryl methyl sites for hydroxylation is 2. The Balaban J connectivity index is 2.10. The zero-order valence-corrected chi connectivity index (χ0v) is 15.7. The van der Waals surface area contributed by atoms with Crippen LogP contribution in [0.25, 0.3) is 0 Å². The van der Waals surface area contributed by atoms with E-state index in [1.54, 1.807) is 0 Å². The SMILES string of the molecule is CCc1cccc(CC)c1NC(=O)C[NH+]1CCNC(=O)[C@@H]1CC(=O)OC. The summed E-state index contributed by atoms with van der Waals surface area (Å²) in [6, 6.07) is 5.42. The Morgan fingerprint density at radius 3 is 2.50 bits per heavy atom. The summed E-state index contributed by atoms with van der Waals surface area (Å²) in [5, 5.41) is 5.78. The molecule has 1 fully saturated rings. The maximum absolute atomic E-state index is 12.6. The number of para-hydroxylation sites is 1. The van der Waals surface area contributed by atoms with Crippen LogP contribution in [-0.4, -0.2) is 50.6 Å². The van der Waals surface area contributed by atoms with Crippen LogP contribution < -0.4 is 15.5 Å². The number of benzene rings is 1. The van der Waals surface area contributed by atoms with Gasteiger partial charge in [-0.2, -0.15) is 0 Å². The zero-order chi connectivity index (χ0) is 19.1. The fraction of sp³-hybridized carbons (Fsp3) is 0.526. The molecule has 1 saturated heterocycles. The summed E-state index contributed by atoms with van der Waals surface area (Å²) in [5.41, 5.74) is 3.05. The van der Waals surface area contributed by atoms with Gasteiger partial charge in [0.2, 0.25) is 0 Å². The molecule has 0 bridgehead atoms. The first-order valence-electron chi connectivity index (χ1n) is 9.09. The molecule has 26 heavy (non-hydrogen) atoms. The lowest BCUT2D eigenvalue weighted by Gasteiger charge is -2.31. The maximum Gasteiger partial charge on any atom is 0.312 e. The van der Waals surface area contributed by atoms with Crippen molar-refractivity contribution in [1.29, 1.82) is 0 Å². The second kappa shape index (κ2) is 9.33. The van der Waals surface area contributed by atoms with Gasteiger partial charge in [0.1, 0.15) is 6.42 Å². The first kappa shape index (κ1) is 19.9. The van der Waals surface area contributed by atoms with E-state index in [4.69, 9.17) is 0 Å². The fourth-order valence-electron chi connectivity index (χ4n) is 3.32. The van der Waals surface area contributed by atoms with Gasteiger partial charge in [0, 0.05) is 5.69 Å². The molecule has 2 rings (SSSR count). The van der Waals surface area contributed by atoms with Crippen LogP contribution in [0.2, 0.25) is 0 Å². The minimum atomic E-state index is -0.603. The van der Waals surface area contributed by atoms with E-state index in [0.717, 1.165) is 34.6 Å². The molecular formula is C19H28N3O4+. The van der Waals surface area contributed by atoms with Gasteiger partial charge >= 0.3 is 5.97 Å². The lowest BCUT2D eigenvalue weighted by molar-refractivity contribution is -0.909. The third kappa shape index (κ3) is 4.82. The summed E-state index contributed by atoms with van der Waals surface area (Å²) in [7, 11) is 1.30. The summed E-state index contributed by atoms with van der Waals surface area (Å²) in [6.45, 7) is 5.33. The number of esters is 1. The molecule has 7 nitrogen and oxygen atoms in total. The molecular weight excluding hydrogens is 334 g/mol. The number of anilines is 1. The van der Waals surface area contributed by atoms with E-state index in [9.17, 15) is 14.4 Å². The number of nitrogens with one attached hydrogen (secondary N) is 3. The number of rotatable bonds is 7. The molecule has 7 heteroatoms. The van der Waals surface area contributed by atoms with Gasteiger partial charge in [-0.25, -0.2) is 0 Å². The minimum Gasteiger partial charge on any atom is -0.469 e. The van der Waals surface area contributed by atoms with Crippen LogP contribution in [0.5, 0.6) is 0 Å². The largest absolute Gasteiger partial charge is 0.469 e. The summed E-state index contributed by atoms with van der Waals surface area (Å²) in [5.74, 6) is -0.817. The highest BCUT2D eigenvalue weighted by molar-refractivity contribution is 5.93. The average molecular weight is 362 g/mol. The van der Waals surface area contributed by atoms with Gasteiger partial charge in [-0.15, -0.1) is 0 Å². The molecule has 142 valence electrons. The standard InChI is InChI=1S/C19H27N3O4/c1-4-13-7-6-8-14(5-2)18(13)21-16(23)12-22-10-9-20-19(25)15(22)11-17(24)26-3/h6-8,15H,4-5,9-12H2,1-3H3,(H,20,25)(H,21,23)/p+1/t15-/m0/s1. The summed E-state index contributed by atoms with van der Waals surface area (Å²) in [6.07, 6.45) is 1.62. The monoisotopic (exact) mass is 362 g/mol. The van der Waals surface area contributed by atoms with Crippen molar-refractivity contribution in [2.75, 3.05) is 32.1 Å². The van der Waals surface area contributed by atoms with Gasteiger partial charge in [-0.05, 0) is 24.0 Å². The Hall–Kier alpha value is -2.41. The smallest absolute Gasteiger partial charge is 0.312 e. The third-order valence-corrected chi connectivity index (χ3v) is 4.80. The number of hydrogen-bond acceptors (Lipinski definition) is 4. The summed E-state index contributed by atoms with van der Waals surface area (Å²) >= 11 is 0. The molecule has 1 aromatic rings. The lowest BCUT2D eigenvalue weighted by Crippen LogP contribution is -3.20. The van der Waals surface area contributed by atoms with Crippen LogP contribution in [0.3, 0.4) is 0 Å². The van der Waals surface area contributed by atoms with E-state index < -0.39 is 12.0 Å². The summed E-state index contributed by atoms with van der Waals surface area (Å²) < 4.78 is 4.68. The first-order chi connectivity index (χ1) is 12.5. The molecule has 0 spiro atoms. The van der Waals surface area contributed by atoms with Crippen molar-refractivity contribution < 1.29 is 24.0 Å². The number of hydrogen-bond donors (Lipinski definition) is 3. The zero-order valence-electron chi connectivity index (χ0n) is 15.7. The molecule has 0 aliphatic carbocycles. The fourth-order valence-corrected chi connectivity index (χ4v) is 3.32. The number of amides is 2. The topological polar surface area (TPSA) is 88.9 Å². The lowest BCUT2D eigenvalue weighted by atomic mass is 10.0. The normalized spacial score (nSPS) is 19.6. The van der Waals surface area contributed by atoms with Crippen LogP contribution in [0, 0.1) is 0 Å². The third-order valence-electron chi connectivity index (χ3n) is 4.80. The second-order valence-electron chi connectivity index (χ2n) is 6.42. The van der Waals surface area contributed by atoms with Gasteiger partial charge in [0.15, 0.2) is 12.6 Å².